The summed E-state index contributed by atoms with van der Waals surface area (Å²) in [6.07, 6.45) is 0. The van der Waals surface area contributed by atoms with Gasteiger partial charge >= 0.3 is 0 Å². The molecule has 6 nitrogen and oxygen atoms in total. The summed E-state index contributed by atoms with van der Waals surface area (Å²) < 4.78 is 25.4. The number of phenols is 1. The van der Waals surface area contributed by atoms with E-state index < -0.39 is 22.0 Å². The molecule has 0 bridgehead atoms. The van der Waals surface area contributed by atoms with Gasteiger partial charge in [0, 0.05) is 0 Å². The summed E-state index contributed by atoms with van der Waals surface area (Å²) in [4.78, 5) is 10.4. The Hall–Kier alpha value is -1.60. The fourth-order valence-corrected chi connectivity index (χ4v) is 2.35. The van der Waals surface area contributed by atoms with E-state index in [9.17, 15) is 18.3 Å². The fraction of sp³-hybridized carbons (Fsp3) is 0.222. The van der Waals surface area contributed by atoms with Crippen LogP contribution >= 0.6 is 0 Å². The van der Waals surface area contributed by atoms with Crippen LogP contribution in [0.1, 0.15) is 6.92 Å². The topological polar surface area (TPSA) is 109 Å². The van der Waals surface area contributed by atoms with Gasteiger partial charge in [0.15, 0.2) is 0 Å². The number of primary amides is 1. The minimum Gasteiger partial charge on any atom is -0.507 e. The number of hydrogen-bond acceptors (Lipinski definition) is 4. The number of amides is 1. The molecule has 88 valence electrons. The standard InChI is InChI=1S/C9H12N2O4S/c1-6(9(10)13)11-16(14,15)8-5-3-2-4-7(8)12/h2-6,11-12H,1H3,(H2,10,13). The monoisotopic (exact) mass is 244 g/mol. The lowest BCUT2D eigenvalue weighted by molar-refractivity contribution is -0.119. The molecule has 0 heterocycles. The van der Waals surface area contributed by atoms with Gasteiger partial charge in [-0.2, -0.15) is 4.72 Å². The molecule has 0 aliphatic rings. The van der Waals surface area contributed by atoms with Gasteiger partial charge in [0.2, 0.25) is 15.9 Å². The molecule has 0 radical (unpaired) electrons. The van der Waals surface area contributed by atoms with Crippen LogP contribution in [-0.4, -0.2) is 25.5 Å². The van der Waals surface area contributed by atoms with Gasteiger partial charge in [-0.25, -0.2) is 8.42 Å². The Labute approximate surface area is 93.1 Å². The number of para-hydroxylation sites is 1. The van der Waals surface area contributed by atoms with Gasteiger partial charge in [0.1, 0.15) is 10.6 Å². The zero-order chi connectivity index (χ0) is 12.3. The first-order valence-corrected chi connectivity index (χ1v) is 5.92. The minimum absolute atomic E-state index is 0.289. The molecule has 0 aliphatic carbocycles. The van der Waals surface area contributed by atoms with Crippen LogP contribution in [0.5, 0.6) is 5.75 Å². The van der Waals surface area contributed by atoms with Crippen molar-refractivity contribution < 1.29 is 18.3 Å². The molecule has 1 aromatic rings. The highest BCUT2D eigenvalue weighted by atomic mass is 32.2. The maximum Gasteiger partial charge on any atom is 0.244 e. The number of phenolic OH excluding ortho intramolecular Hbond substituents is 1. The second-order valence-electron chi connectivity index (χ2n) is 3.21. The highest BCUT2D eigenvalue weighted by molar-refractivity contribution is 7.89. The maximum absolute atomic E-state index is 11.7. The molecule has 0 spiro atoms. The highest BCUT2D eigenvalue weighted by Gasteiger charge is 2.22. The summed E-state index contributed by atoms with van der Waals surface area (Å²) in [5.74, 6) is -1.18. The summed E-state index contributed by atoms with van der Waals surface area (Å²) in [5, 5.41) is 9.36. The smallest absolute Gasteiger partial charge is 0.244 e. The zero-order valence-electron chi connectivity index (χ0n) is 8.54. The third-order valence-corrected chi connectivity index (χ3v) is 3.50. The second-order valence-corrected chi connectivity index (χ2v) is 4.90. The molecular weight excluding hydrogens is 232 g/mol. The number of carbonyl (C=O) groups is 1. The van der Waals surface area contributed by atoms with Gasteiger partial charge in [-0.3, -0.25) is 4.79 Å². The highest BCUT2D eigenvalue weighted by Crippen LogP contribution is 2.21. The van der Waals surface area contributed by atoms with Crippen LogP contribution in [0.3, 0.4) is 0 Å². The van der Waals surface area contributed by atoms with Gasteiger partial charge in [-0.05, 0) is 19.1 Å². The van der Waals surface area contributed by atoms with Crippen molar-refractivity contribution in [1.82, 2.24) is 4.72 Å². The van der Waals surface area contributed by atoms with Crippen molar-refractivity contribution in [1.29, 1.82) is 0 Å². The Morgan fingerprint density at radius 3 is 2.50 bits per heavy atom. The number of sulfonamides is 1. The van der Waals surface area contributed by atoms with Crippen molar-refractivity contribution in [2.24, 2.45) is 5.73 Å². The van der Waals surface area contributed by atoms with Crippen molar-refractivity contribution in [2.45, 2.75) is 17.9 Å². The third-order valence-electron chi connectivity index (χ3n) is 1.91. The van der Waals surface area contributed by atoms with Crippen LogP contribution in [0.2, 0.25) is 0 Å². The van der Waals surface area contributed by atoms with E-state index in [-0.39, 0.29) is 10.6 Å². The molecule has 16 heavy (non-hydrogen) atoms. The second kappa shape index (κ2) is 4.50. The van der Waals surface area contributed by atoms with Crippen molar-refractivity contribution in [2.75, 3.05) is 0 Å². The molecular formula is C9H12N2O4S. The molecule has 1 atom stereocenters. The molecule has 0 aromatic heterocycles. The quantitative estimate of drug-likeness (QED) is 0.666. The van der Waals surface area contributed by atoms with Crippen LogP contribution in [0.15, 0.2) is 29.2 Å². The lowest BCUT2D eigenvalue weighted by Gasteiger charge is -2.11. The maximum atomic E-state index is 11.7. The van der Waals surface area contributed by atoms with Crippen LogP contribution in [0.25, 0.3) is 0 Å². The van der Waals surface area contributed by atoms with Gasteiger partial charge in [0.25, 0.3) is 0 Å². The Balaban J connectivity index is 3.04. The van der Waals surface area contributed by atoms with Gasteiger partial charge in [-0.15, -0.1) is 0 Å². The first-order chi connectivity index (χ1) is 7.34. The molecule has 0 saturated carbocycles. The molecule has 0 fully saturated rings. The Bertz CT molecular complexity index is 498. The predicted octanol–water partition coefficient (Wildman–Crippen LogP) is -0.456. The number of carbonyl (C=O) groups excluding carboxylic acids is 1. The first kappa shape index (κ1) is 12.5. The van der Waals surface area contributed by atoms with Crippen LogP contribution in [-0.2, 0) is 14.8 Å². The number of hydrogen-bond donors (Lipinski definition) is 3. The average Bonchev–Trinajstić information content (AvgIpc) is 2.17. The van der Waals surface area contributed by atoms with Gasteiger partial charge < -0.3 is 10.8 Å². The molecule has 1 rings (SSSR count). The number of nitrogens with two attached hydrogens (primary N) is 1. The molecule has 1 aromatic carbocycles. The van der Waals surface area contributed by atoms with Crippen molar-refractivity contribution in [3.8, 4) is 5.75 Å². The van der Waals surface area contributed by atoms with Crippen molar-refractivity contribution in [3.63, 3.8) is 0 Å². The molecule has 1 amide bonds. The number of nitrogens with one attached hydrogen (secondary N) is 1. The molecule has 0 aliphatic heterocycles. The SMILES string of the molecule is CC(NS(=O)(=O)c1ccccc1O)C(N)=O. The summed E-state index contributed by atoms with van der Waals surface area (Å²) >= 11 is 0. The number of benzene rings is 1. The number of aromatic hydroxyl groups is 1. The number of rotatable bonds is 4. The zero-order valence-corrected chi connectivity index (χ0v) is 9.36. The van der Waals surface area contributed by atoms with E-state index in [1.165, 1.54) is 31.2 Å². The van der Waals surface area contributed by atoms with Gasteiger partial charge in [-0.1, -0.05) is 12.1 Å². The fourth-order valence-electron chi connectivity index (χ4n) is 1.04. The Kier molecular flexibility index (Phi) is 3.51. The summed E-state index contributed by atoms with van der Waals surface area (Å²) in [6, 6.07) is 4.38. The molecule has 4 N–H and O–H groups in total. The summed E-state index contributed by atoms with van der Waals surface area (Å²) in [7, 11) is -3.94. The summed E-state index contributed by atoms with van der Waals surface area (Å²) in [5.41, 5.74) is 4.93. The molecule has 7 heteroatoms. The molecule has 0 saturated heterocycles. The van der Waals surface area contributed by atoms with Crippen molar-refractivity contribution >= 4 is 15.9 Å². The third kappa shape index (κ3) is 2.71. The van der Waals surface area contributed by atoms with E-state index in [1.54, 1.807) is 0 Å². The molecule has 1 unspecified atom stereocenters. The Morgan fingerprint density at radius 1 is 1.44 bits per heavy atom. The minimum atomic E-state index is -3.94. The normalized spacial score (nSPS) is 13.3. The van der Waals surface area contributed by atoms with Crippen LogP contribution in [0, 0.1) is 0 Å². The van der Waals surface area contributed by atoms with E-state index in [0.29, 0.717) is 0 Å². The van der Waals surface area contributed by atoms with E-state index in [4.69, 9.17) is 5.73 Å². The van der Waals surface area contributed by atoms with Gasteiger partial charge in [0.05, 0.1) is 6.04 Å². The van der Waals surface area contributed by atoms with Crippen molar-refractivity contribution in [3.05, 3.63) is 24.3 Å². The van der Waals surface area contributed by atoms with E-state index in [1.807, 2.05) is 0 Å². The predicted molar refractivity (Wildman–Crippen MR) is 57.1 cm³/mol. The summed E-state index contributed by atoms with van der Waals surface area (Å²) in [6.45, 7) is 1.32. The lowest BCUT2D eigenvalue weighted by Crippen LogP contribution is -2.42. The first-order valence-electron chi connectivity index (χ1n) is 4.44. The lowest BCUT2D eigenvalue weighted by atomic mass is 10.3. The van der Waals surface area contributed by atoms with E-state index >= 15 is 0 Å². The Morgan fingerprint density at radius 2 is 2.00 bits per heavy atom. The largest absolute Gasteiger partial charge is 0.507 e. The van der Waals surface area contributed by atoms with E-state index in [0.717, 1.165) is 0 Å². The average molecular weight is 244 g/mol. The van der Waals surface area contributed by atoms with Crippen LogP contribution < -0.4 is 10.5 Å². The van der Waals surface area contributed by atoms with E-state index in [2.05, 4.69) is 4.72 Å². The van der Waals surface area contributed by atoms with Crippen LogP contribution in [0.4, 0.5) is 0 Å².